The quantitative estimate of drug-likeness (QED) is 0.764. The van der Waals surface area contributed by atoms with Crippen LogP contribution in [0.1, 0.15) is 44.5 Å². The second-order valence-corrected chi connectivity index (χ2v) is 4.51. The van der Waals surface area contributed by atoms with Gasteiger partial charge < -0.3 is 4.90 Å². The van der Waals surface area contributed by atoms with Gasteiger partial charge in [-0.2, -0.15) is 0 Å². The van der Waals surface area contributed by atoms with Crippen molar-refractivity contribution < 1.29 is 4.79 Å². The molecule has 0 spiro atoms. The average molecular weight is 218 g/mol. The van der Waals surface area contributed by atoms with E-state index in [1.54, 1.807) is 0 Å². The molecule has 86 valence electrons. The zero-order valence-electron chi connectivity index (χ0n) is 10.2. The minimum Gasteiger partial charge on any atom is -0.310 e. The van der Waals surface area contributed by atoms with Gasteiger partial charge in [0.1, 0.15) is 0 Å². The van der Waals surface area contributed by atoms with Gasteiger partial charge >= 0.3 is 0 Å². The average Bonchev–Trinajstić information content (AvgIpc) is 2.70. The van der Waals surface area contributed by atoms with Crippen LogP contribution in [0, 0.1) is 0 Å². The lowest BCUT2D eigenvalue weighted by Crippen LogP contribution is -2.27. The molecular weight excluding hydrogens is 200 g/mol. The van der Waals surface area contributed by atoms with Crippen molar-refractivity contribution in [3.8, 4) is 0 Å². The Bertz CT molecular complexity index is 412. The van der Waals surface area contributed by atoms with Crippen LogP contribution in [0.2, 0.25) is 0 Å². The first-order valence-electron chi connectivity index (χ1n) is 5.93. The first kappa shape index (κ1) is 11.1. The van der Waals surface area contributed by atoms with Crippen LogP contribution >= 0.6 is 0 Å². The molecule has 0 atom stereocenters. The van der Waals surface area contributed by atoms with Gasteiger partial charge in [-0.15, -0.1) is 0 Å². The fourth-order valence-corrected chi connectivity index (χ4v) is 2.05. The maximum Gasteiger partial charge on any atom is 0.226 e. The van der Waals surface area contributed by atoms with Gasteiger partial charge in [0.05, 0.1) is 11.4 Å². The highest BCUT2D eigenvalue weighted by atomic mass is 16.2. The maximum atomic E-state index is 11.7. The van der Waals surface area contributed by atoms with Gasteiger partial charge in [0.25, 0.3) is 0 Å². The van der Waals surface area contributed by atoms with Gasteiger partial charge in [-0.25, -0.2) is 0 Å². The number of fused-ring (bicyclic) bond motifs is 1. The SMILES string of the molecule is CCC(=O)N1CCc2nc(C(C)C)ccc21. The molecule has 2 rings (SSSR count). The standard InChI is InChI=1S/C13H18N2O/c1-4-13(16)15-8-7-11-12(15)6-5-10(14-11)9(2)3/h5-6,9H,4,7-8H2,1-3H3. The molecule has 0 bridgehead atoms. The van der Waals surface area contributed by atoms with Crippen molar-refractivity contribution >= 4 is 11.6 Å². The van der Waals surface area contributed by atoms with Crippen LogP contribution in [0.3, 0.4) is 0 Å². The van der Waals surface area contributed by atoms with Crippen LogP contribution < -0.4 is 4.90 Å². The second-order valence-electron chi connectivity index (χ2n) is 4.51. The maximum absolute atomic E-state index is 11.7. The van der Waals surface area contributed by atoms with Crippen molar-refractivity contribution in [3.63, 3.8) is 0 Å². The molecule has 0 unspecified atom stereocenters. The van der Waals surface area contributed by atoms with Crippen LogP contribution in [0.4, 0.5) is 5.69 Å². The minimum absolute atomic E-state index is 0.192. The molecular formula is C13H18N2O. The van der Waals surface area contributed by atoms with Gasteiger partial charge in [0.15, 0.2) is 0 Å². The lowest BCUT2D eigenvalue weighted by molar-refractivity contribution is -0.118. The molecule has 1 aliphatic rings. The Labute approximate surface area is 96.5 Å². The van der Waals surface area contributed by atoms with Crippen molar-refractivity contribution in [2.24, 2.45) is 0 Å². The molecule has 0 N–H and O–H groups in total. The topological polar surface area (TPSA) is 33.2 Å². The fourth-order valence-electron chi connectivity index (χ4n) is 2.05. The number of hydrogen-bond donors (Lipinski definition) is 0. The Morgan fingerprint density at radius 1 is 1.50 bits per heavy atom. The van der Waals surface area contributed by atoms with Gasteiger partial charge in [0, 0.05) is 25.1 Å². The summed E-state index contributed by atoms with van der Waals surface area (Å²) in [6.07, 6.45) is 1.45. The van der Waals surface area contributed by atoms with Crippen LogP contribution in [0.25, 0.3) is 0 Å². The van der Waals surface area contributed by atoms with E-state index in [-0.39, 0.29) is 5.91 Å². The van der Waals surface area contributed by atoms with Crippen LogP contribution in [-0.2, 0) is 11.2 Å². The van der Waals surface area contributed by atoms with E-state index >= 15 is 0 Å². The third-order valence-corrected chi connectivity index (χ3v) is 3.03. The molecule has 0 aliphatic carbocycles. The summed E-state index contributed by atoms with van der Waals surface area (Å²) in [6.45, 7) is 6.96. The molecule has 16 heavy (non-hydrogen) atoms. The van der Waals surface area contributed by atoms with Crippen molar-refractivity contribution in [2.75, 3.05) is 11.4 Å². The number of aromatic nitrogens is 1. The summed E-state index contributed by atoms with van der Waals surface area (Å²) in [6, 6.07) is 4.07. The van der Waals surface area contributed by atoms with E-state index in [0.717, 1.165) is 30.0 Å². The molecule has 1 aromatic heterocycles. The van der Waals surface area contributed by atoms with Gasteiger partial charge in [-0.3, -0.25) is 9.78 Å². The molecule has 0 fully saturated rings. The summed E-state index contributed by atoms with van der Waals surface area (Å²) >= 11 is 0. The summed E-state index contributed by atoms with van der Waals surface area (Å²) in [5.74, 6) is 0.638. The third-order valence-electron chi connectivity index (χ3n) is 3.03. The van der Waals surface area contributed by atoms with Crippen molar-refractivity contribution in [3.05, 3.63) is 23.5 Å². The number of carbonyl (C=O) groups excluding carboxylic acids is 1. The molecule has 1 aliphatic heterocycles. The highest BCUT2D eigenvalue weighted by molar-refractivity contribution is 5.94. The van der Waals surface area contributed by atoms with E-state index < -0.39 is 0 Å². The first-order valence-corrected chi connectivity index (χ1v) is 5.93. The van der Waals surface area contributed by atoms with Crippen LogP contribution in [-0.4, -0.2) is 17.4 Å². The lowest BCUT2D eigenvalue weighted by Gasteiger charge is -2.16. The Balaban J connectivity index is 2.32. The minimum atomic E-state index is 0.192. The van der Waals surface area contributed by atoms with Gasteiger partial charge in [-0.1, -0.05) is 20.8 Å². The Morgan fingerprint density at radius 2 is 2.25 bits per heavy atom. The normalized spacial score (nSPS) is 14.4. The number of rotatable bonds is 2. The predicted molar refractivity (Wildman–Crippen MR) is 64.7 cm³/mol. The van der Waals surface area contributed by atoms with E-state index in [1.807, 2.05) is 24.0 Å². The summed E-state index contributed by atoms with van der Waals surface area (Å²) in [5, 5.41) is 0. The Hall–Kier alpha value is -1.38. The summed E-state index contributed by atoms with van der Waals surface area (Å²) in [4.78, 5) is 18.2. The van der Waals surface area contributed by atoms with Crippen molar-refractivity contribution in [1.29, 1.82) is 0 Å². The van der Waals surface area contributed by atoms with Crippen LogP contribution in [0.5, 0.6) is 0 Å². The Morgan fingerprint density at radius 3 is 2.88 bits per heavy atom. The first-order chi connectivity index (χ1) is 7.63. The van der Waals surface area contributed by atoms with E-state index in [2.05, 4.69) is 18.8 Å². The highest BCUT2D eigenvalue weighted by Gasteiger charge is 2.24. The van der Waals surface area contributed by atoms with Crippen LogP contribution in [0.15, 0.2) is 12.1 Å². The number of pyridine rings is 1. The number of carbonyl (C=O) groups is 1. The monoisotopic (exact) mass is 218 g/mol. The largest absolute Gasteiger partial charge is 0.310 e. The second kappa shape index (κ2) is 4.24. The van der Waals surface area contributed by atoms with Crippen molar-refractivity contribution in [1.82, 2.24) is 4.98 Å². The molecule has 0 aromatic carbocycles. The number of anilines is 1. The molecule has 2 heterocycles. The third kappa shape index (κ3) is 1.82. The molecule has 3 nitrogen and oxygen atoms in total. The van der Waals surface area contributed by atoms with E-state index in [1.165, 1.54) is 0 Å². The van der Waals surface area contributed by atoms with E-state index in [0.29, 0.717) is 12.3 Å². The lowest BCUT2D eigenvalue weighted by atomic mass is 10.1. The van der Waals surface area contributed by atoms with Crippen molar-refractivity contribution in [2.45, 2.75) is 39.5 Å². The molecule has 0 saturated heterocycles. The summed E-state index contributed by atoms with van der Waals surface area (Å²) < 4.78 is 0. The van der Waals surface area contributed by atoms with Gasteiger partial charge in [-0.05, 0) is 18.1 Å². The van der Waals surface area contributed by atoms with Gasteiger partial charge in [0.2, 0.25) is 5.91 Å². The number of amides is 1. The molecule has 1 aromatic rings. The zero-order chi connectivity index (χ0) is 11.7. The molecule has 1 amide bonds. The molecule has 0 saturated carbocycles. The predicted octanol–water partition coefficient (Wildman–Crippen LogP) is 2.50. The number of hydrogen-bond acceptors (Lipinski definition) is 2. The van der Waals surface area contributed by atoms with E-state index in [9.17, 15) is 4.79 Å². The van der Waals surface area contributed by atoms with E-state index in [4.69, 9.17) is 0 Å². The zero-order valence-corrected chi connectivity index (χ0v) is 10.2. The molecule has 0 radical (unpaired) electrons. The highest BCUT2D eigenvalue weighted by Crippen LogP contribution is 2.28. The fraction of sp³-hybridized carbons (Fsp3) is 0.538. The Kier molecular flexibility index (Phi) is 2.95. The molecule has 3 heteroatoms. The smallest absolute Gasteiger partial charge is 0.226 e. The summed E-state index contributed by atoms with van der Waals surface area (Å²) in [7, 11) is 0. The summed E-state index contributed by atoms with van der Waals surface area (Å²) in [5.41, 5.74) is 3.20. The number of nitrogens with zero attached hydrogens (tertiary/aromatic N) is 2.